The average molecular weight is 571 g/mol. The van der Waals surface area contributed by atoms with Crippen molar-refractivity contribution in [2.45, 2.75) is 18.9 Å². The van der Waals surface area contributed by atoms with E-state index >= 15 is 0 Å². The van der Waals surface area contributed by atoms with Crippen LogP contribution in [0.1, 0.15) is 21.5 Å². The minimum absolute atomic E-state index is 0.197. The van der Waals surface area contributed by atoms with Gasteiger partial charge in [-0.05, 0) is 54.3 Å². The number of nitrogens with zero attached hydrogens (tertiary/aromatic N) is 3. The Bertz CT molecular complexity index is 1330. The van der Waals surface area contributed by atoms with Crippen molar-refractivity contribution in [3.8, 4) is 11.5 Å². The molecule has 0 saturated carbocycles. The van der Waals surface area contributed by atoms with Gasteiger partial charge in [-0.15, -0.1) is 0 Å². The van der Waals surface area contributed by atoms with Crippen LogP contribution in [0.15, 0.2) is 36.5 Å². The Morgan fingerprint density at radius 3 is 2.25 bits per heavy atom. The number of nitrogens with two attached hydrogens (primary N) is 1. The number of halogens is 1. The highest BCUT2D eigenvalue weighted by Crippen LogP contribution is 2.34. The summed E-state index contributed by atoms with van der Waals surface area (Å²) in [6.07, 6.45) is 3.26. The highest BCUT2D eigenvalue weighted by atomic mass is 35.5. The number of amides is 1. The third-order valence-corrected chi connectivity index (χ3v) is 7.10. The Hall–Kier alpha value is -3.64. The van der Waals surface area contributed by atoms with E-state index in [9.17, 15) is 4.79 Å². The summed E-state index contributed by atoms with van der Waals surface area (Å²) < 4.78 is 22.0. The van der Waals surface area contributed by atoms with E-state index in [4.69, 9.17) is 36.3 Å². The summed E-state index contributed by atoms with van der Waals surface area (Å²) in [5.41, 5.74) is 9.49. The number of fused-ring (bicyclic) bond motifs is 1. The lowest BCUT2D eigenvalue weighted by Crippen LogP contribution is -2.43. The van der Waals surface area contributed by atoms with E-state index in [0.29, 0.717) is 52.8 Å². The monoisotopic (exact) mass is 570 g/mol. The number of anilines is 4. The molecule has 1 aromatic heterocycles. The third-order valence-electron chi connectivity index (χ3n) is 6.82. The van der Waals surface area contributed by atoms with E-state index in [1.165, 1.54) is 24.4 Å². The molecule has 2 aromatic carbocycles. The molecule has 4 N–H and O–H groups in total. The van der Waals surface area contributed by atoms with Gasteiger partial charge in [0, 0.05) is 32.9 Å². The second-order valence-corrected chi connectivity index (χ2v) is 9.75. The second-order valence-electron chi connectivity index (χ2n) is 9.34. The van der Waals surface area contributed by atoms with E-state index in [1.807, 2.05) is 0 Å². The van der Waals surface area contributed by atoms with Crippen LogP contribution in [0.2, 0.25) is 5.02 Å². The van der Waals surface area contributed by atoms with Crippen LogP contribution in [0, 0.1) is 0 Å². The highest BCUT2D eigenvalue weighted by molar-refractivity contribution is 6.33. The van der Waals surface area contributed by atoms with Crippen molar-refractivity contribution >= 4 is 40.6 Å². The molecule has 0 unspecified atom stereocenters. The molecule has 1 aliphatic heterocycles. The van der Waals surface area contributed by atoms with Crippen LogP contribution in [-0.4, -0.2) is 81.6 Å². The normalized spacial score (nSPS) is 13.4. The molecule has 4 rings (SSSR count). The molecule has 40 heavy (non-hydrogen) atoms. The largest absolute Gasteiger partial charge is 0.495 e. The quantitative estimate of drug-likeness (QED) is 0.295. The number of nitrogens with one attached hydrogen (secondary N) is 2. The predicted octanol–water partition coefficient (Wildman–Crippen LogP) is 3.80. The van der Waals surface area contributed by atoms with Crippen molar-refractivity contribution in [2.24, 2.45) is 5.73 Å². The van der Waals surface area contributed by atoms with Gasteiger partial charge in [0.2, 0.25) is 11.9 Å². The molecular weight excluding hydrogens is 536 g/mol. The van der Waals surface area contributed by atoms with Crippen molar-refractivity contribution in [2.75, 3.05) is 65.4 Å². The molecule has 0 spiro atoms. The van der Waals surface area contributed by atoms with E-state index in [-0.39, 0.29) is 6.04 Å². The molecule has 0 aliphatic carbocycles. The number of rotatable bonds is 12. The summed E-state index contributed by atoms with van der Waals surface area (Å²) in [6.45, 7) is 3.02. The van der Waals surface area contributed by atoms with Crippen LogP contribution < -0.4 is 25.8 Å². The smallest absolute Gasteiger partial charge is 0.248 e. The maximum Gasteiger partial charge on any atom is 0.248 e. The molecule has 0 saturated heterocycles. The lowest BCUT2D eigenvalue weighted by atomic mass is 10.0. The zero-order valence-corrected chi connectivity index (χ0v) is 23.9. The van der Waals surface area contributed by atoms with Gasteiger partial charge in [0.05, 0.1) is 51.0 Å². The summed E-state index contributed by atoms with van der Waals surface area (Å²) >= 11 is 6.40. The van der Waals surface area contributed by atoms with Gasteiger partial charge in [0.15, 0.2) is 5.82 Å². The number of benzene rings is 2. The molecule has 12 heteroatoms. The van der Waals surface area contributed by atoms with Crippen LogP contribution in [0.5, 0.6) is 11.5 Å². The average Bonchev–Trinajstić information content (AvgIpc) is 3.16. The van der Waals surface area contributed by atoms with Crippen molar-refractivity contribution in [1.82, 2.24) is 14.9 Å². The first-order valence-electron chi connectivity index (χ1n) is 12.8. The molecule has 3 aromatic rings. The van der Waals surface area contributed by atoms with Crippen LogP contribution in [0.4, 0.5) is 23.1 Å². The predicted molar refractivity (Wildman–Crippen MR) is 155 cm³/mol. The number of hydrogen-bond acceptors (Lipinski definition) is 10. The van der Waals surface area contributed by atoms with Gasteiger partial charge in [-0.25, -0.2) is 4.98 Å². The van der Waals surface area contributed by atoms with Gasteiger partial charge in [0.1, 0.15) is 16.5 Å². The number of carbonyl (C=O) groups is 1. The standard InChI is InChI=1S/C28H35ClN6O5/c1-37-15-20(16-38-2)35-9-7-17-11-23(25(40-4)12-18(17)8-10-35)33-28-31-14-21(29)27(34-28)32-22-6-5-19(26(30)36)13-24(22)39-3/h5-6,11-14,20H,7-10,15-16H2,1-4H3,(H2,30,36)(H2,31,32,33,34). The fraction of sp³-hybridized carbons (Fsp3) is 0.393. The summed E-state index contributed by atoms with van der Waals surface area (Å²) in [5.74, 6) is 1.24. The minimum atomic E-state index is -0.552. The Morgan fingerprint density at radius 2 is 1.62 bits per heavy atom. The first-order valence-corrected chi connectivity index (χ1v) is 13.2. The lowest BCUT2D eigenvalue weighted by molar-refractivity contribution is 0.0377. The summed E-state index contributed by atoms with van der Waals surface area (Å²) in [7, 11) is 6.57. The molecule has 11 nitrogen and oxygen atoms in total. The van der Waals surface area contributed by atoms with Crippen LogP contribution in [0.25, 0.3) is 0 Å². The van der Waals surface area contributed by atoms with Gasteiger partial charge in [0.25, 0.3) is 0 Å². The number of carbonyl (C=O) groups excluding carboxylic acids is 1. The Labute approximate surface area is 238 Å². The van der Waals surface area contributed by atoms with Gasteiger partial charge < -0.3 is 35.3 Å². The molecule has 2 heterocycles. The van der Waals surface area contributed by atoms with Crippen molar-refractivity contribution < 1.29 is 23.7 Å². The second kappa shape index (κ2) is 13.6. The molecule has 0 radical (unpaired) electrons. The maximum atomic E-state index is 11.5. The summed E-state index contributed by atoms with van der Waals surface area (Å²) in [4.78, 5) is 22.9. The van der Waals surface area contributed by atoms with Gasteiger partial charge in [-0.2, -0.15) is 4.98 Å². The van der Waals surface area contributed by atoms with Crippen molar-refractivity contribution in [3.05, 3.63) is 58.2 Å². The van der Waals surface area contributed by atoms with Crippen LogP contribution in [0.3, 0.4) is 0 Å². The number of aromatic nitrogens is 2. The maximum absolute atomic E-state index is 11.5. The van der Waals surface area contributed by atoms with Gasteiger partial charge >= 0.3 is 0 Å². The van der Waals surface area contributed by atoms with E-state index in [2.05, 4.69) is 37.6 Å². The van der Waals surface area contributed by atoms with Crippen molar-refractivity contribution in [1.29, 1.82) is 0 Å². The number of methoxy groups -OCH3 is 4. The molecule has 0 bridgehead atoms. The molecule has 0 atom stereocenters. The van der Waals surface area contributed by atoms with Crippen LogP contribution >= 0.6 is 11.6 Å². The fourth-order valence-corrected chi connectivity index (χ4v) is 4.90. The molecule has 0 fully saturated rings. The summed E-state index contributed by atoms with van der Waals surface area (Å²) in [5, 5.41) is 6.74. The first kappa shape index (κ1) is 29.3. The van der Waals surface area contributed by atoms with Gasteiger partial charge in [-0.1, -0.05) is 11.6 Å². The number of primary amides is 1. The third kappa shape index (κ3) is 6.92. The topological polar surface area (TPSA) is 133 Å². The molecule has 1 aliphatic rings. The van der Waals surface area contributed by atoms with E-state index < -0.39 is 5.91 Å². The minimum Gasteiger partial charge on any atom is -0.495 e. The number of ether oxygens (including phenoxy) is 4. The fourth-order valence-electron chi connectivity index (χ4n) is 4.76. The Morgan fingerprint density at radius 1 is 0.975 bits per heavy atom. The lowest BCUT2D eigenvalue weighted by Gasteiger charge is -2.29. The van der Waals surface area contributed by atoms with Gasteiger partial charge in [-0.3, -0.25) is 9.69 Å². The van der Waals surface area contributed by atoms with Crippen molar-refractivity contribution in [3.63, 3.8) is 0 Å². The SMILES string of the molecule is COCC(COC)N1CCc2cc(Nc3ncc(Cl)c(Nc4ccc(C(N)=O)cc4OC)n3)c(OC)cc2CC1. The van der Waals surface area contributed by atoms with E-state index in [1.54, 1.807) is 39.5 Å². The molecule has 1 amide bonds. The zero-order valence-electron chi connectivity index (χ0n) is 23.1. The first-order chi connectivity index (χ1) is 19.4. The number of hydrogen-bond donors (Lipinski definition) is 3. The Balaban J connectivity index is 1.56. The Kier molecular flexibility index (Phi) is 9.99. The summed E-state index contributed by atoms with van der Waals surface area (Å²) in [6, 6.07) is 9.18. The van der Waals surface area contributed by atoms with E-state index in [0.717, 1.165) is 31.6 Å². The van der Waals surface area contributed by atoms with Crippen LogP contribution in [-0.2, 0) is 22.3 Å². The molecular formula is C28H35ClN6O5. The highest BCUT2D eigenvalue weighted by Gasteiger charge is 2.23. The zero-order chi connectivity index (χ0) is 28.6. The molecule has 214 valence electrons.